The van der Waals surface area contributed by atoms with Crippen molar-refractivity contribution in [1.82, 2.24) is 0 Å². The van der Waals surface area contributed by atoms with Crippen molar-refractivity contribution in [2.75, 3.05) is 0 Å². The molecule has 0 fully saturated rings. The molecule has 5 heteroatoms. The Kier molecular flexibility index (Phi) is 5.26. The predicted octanol–water partition coefficient (Wildman–Crippen LogP) is 4.67. The van der Waals surface area contributed by atoms with Crippen LogP contribution in [0.4, 0.5) is 0 Å². The Morgan fingerprint density at radius 3 is 2.48 bits per heavy atom. The first-order valence-corrected chi connectivity index (χ1v) is 6.88. The van der Waals surface area contributed by atoms with E-state index in [1.807, 2.05) is 0 Å². The van der Waals surface area contributed by atoms with E-state index in [4.69, 9.17) is 33.0 Å². The molecule has 0 bridgehead atoms. The molecule has 2 rings (SSSR count). The van der Waals surface area contributed by atoms with Crippen molar-refractivity contribution in [3.05, 3.63) is 69.7 Å². The van der Waals surface area contributed by atoms with Crippen LogP contribution in [-0.4, -0.2) is 11.1 Å². The molecule has 2 aromatic carbocycles. The number of aliphatic carboxylic acids is 1. The Hall–Kier alpha value is -1.97. The van der Waals surface area contributed by atoms with Gasteiger partial charge in [-0.15, -0.1) is 0 Å². The summed E-state index contributed by atoms with van der Waals surface area (Å²) < 4.78 is 5.65. The molecule has 0 atom stereocenters. The maximum absolute atomic E-state index is 10.5. The number of carboxylic acids is 1. The Morgan fingerprint density at radius 2 is 1.81 bits per heavy atom. The van der Waals surface area contributed by atoms with Crippen LogP contribution < -0.4 is 4.74 Å². The quantitative estimate of drug-likeness (QED) is 0.813. The van der Waals surface area contributed by atoms with Crippen molar-refractivity contribution < 1.29 is 14.6 Å². The maximum Gasteiger partial charge on any atom is 0.328 e. The van der Waals surface area contributed by atoms with Crippen molar-refractivity contribution in [3.63, 3.8) is 0 Å². The van der Waals surface area contributed by atoms with Crippen molar-refractivity contribution in [2.24, 2.45) is 0 Å². The van der Waals surface area contributed by atoms with Gasteiger partial charge in [-0.05, 0) is 35.9 Å². The smallest absolute Gasteiger partial charge is 0.328 e. The third kappa shape index (κ3) is 4.52. The highest BCUT2D eigenvalue weighted by Crippen LogP contribution is 2.26. The van der Waals surface area contributed by atoms with Gasteiger partial charge in [-0.3, -0.25) is 0 Å². The lowest BCUT2D eigenvalue weighted by Crippen LogP contribution is -1.97. The summed E-state index contributed by atoms with van der Waals surface area (Å²) in [6, 6.07) is 12.4. The Balaban J connectivity index is 2.10. The maximum atomic E-state index is 10.5. The molecule has 0 amide bonds. The standard InChI is InChI=1S/C16H12Cl2O3/c17-14-5-2-6-15(18)13(14)10-21-12-4-1-3-11(9-12)7-8-16(19)20/h1-9H,10H2,(H,19,20)/b8-7+. The molecule has 0 unspecified atom stereocenters. The number of hydrogen-bond donors (Lipinski definition) is 1. The van der Waals surface area contributed by atoms with Crippen LogP contribution in [-0.2, 0) is 11.4 Å². The van der Waals surface area contributed by atoms with Crippen LogP contribution in [0, 0.1) is 0 Å². The highest BCUT2D eigenvalue weighted by Gasteiger charge is 2.06. The molecule has 0 saturated heterocycles. The van der Waals surface area contributed by atoms with E-state index in [0.29, 0.717) is 21.4 Å². The number of carboxylic acid groups (broad SMARTS) is 1. The second-order valence-corrected chi connectivity index (χ2v) is 5.05. The van der Waals surface area contributed by atoms with Gasteiger partial charge in [-0.1, -0.05) is 41.4 Å². The number of benzene rings is 2. The predicted molar refractivity (Wildman–Crippen MR) is 83.9 cm³/mol. The third-order valence-corrected chi connectivity index (χ3v) is 3.43. The van der Waals surface area contributed by atoms with Crippen LogP contribution in [0.2, 0.25) is 10.0 Å². The normalized spacial score (nSPS) is 10.8. The number of rotatable bonds is 5. The summed E-state index contributed by atoms with van der Waals surface area (Å²) in [4.78, 5) is 10.5. The molecule has 0 aliphatic heterocycles. The van der Waals surface area contributed by atoms with E-state index in [0.717, 1.165) is 11.6 Å². The molecule has 21 heavy (non-hydrogen) atoms. The SMILES string of the molecule is O=C(O)/C=C/c1cccc(OCc2c(Cl)cccc2Cl)c1. The van der Waals surface area contributed by atoms with Crippen LogP contribution >= 0.6 is 23.2 Å². The van der Waals surface area contributed by atoms with Gasteiger partial charge >= 0.3 is 5.97 Å². The van der Waals surface area contributed by atoms with Crippen LogP contribution in [0.5, 0.6) is 5.75 Å². The lowest BCUT2D eigenvalue weighted by molar-refractivity contribution is -0.131. The minimum absolute atomic E-state index is 0.241. The molecule has 108 valence electrons. The van der Waals surface area contributed by atoms with E-state index >= 15 is 0 Å². The first-order chi connectivity index (χ1) is 10.1. The van der Waals surface area contributed by atoms with E-state index < -0.39 is 5.97 Å². The highest BCUT2D eigenvalue weighted by atomic mass is 35.5. The lowest BCUT2D eigenvalue weighted by Gasteiger charge is -2.09. The average molecular weight is 323 g/mol. The van der Waals surface area contributed by atoms with Gasteiger partial charge in [0, 0.05) is 21.7 Å². The number of ether oxygens (including phenoxy) is 1. The molecule has 2 aromatic rings. The number of carbonyl (C=O) groups is 1. The minimum atomic E-state index is -0.996. The van der Waals surface area contributed by atoms with Crippen molar-refractivity contribution in [1.29, 1.82) is 0 Å². The summed E-state index contributed by atoms with van der Waals surface area (Å²) in [5.74, 6) is -0.386. The number of hydrogen-bond acceptors (Lipinski definition) is 2. The van der Waals surface area contributed by atoms with E-state index in [2.05, 4.69) is 0 Å². The van der Waals surface area contributed by atoms with Crippen molar-refractivity contribution in [3.8, 4) is 5.75 Å². The molecule has 0 aliphatic carbocycles. The number of halogens is 2. The lowest BCUT2D eigenvalue weighted by atomic mass is 10.2. The summed E-state index contributed by atoms with van der Waals surface area (Å²) in [5, 5.41) is 9.70. The van der Waals surface area contributed by atoms with E-state index in [9.17, 15) is 4.79 Å². The van der Waals surface area contributed by atoms with Gasteiger partial charge in [0.15, 0.2) is 0 Å². The molecule has 0 aliphatic rings. The second-order valence-electron chi connectivity index (χ2n) is 4.23. The topological polar surface area (TPSA) is 46.5 Å². The summed E-state index contributed by atoms with van der Waals surface area (Å²) in [7, 11) is 0. The fourth-order valence-corrected chi connectivity index (χ4v) is 2.21. The highest BCUT2D eigenvalue weighted by molar-refractivity contribution is 6.35. The van der Waals surface area contributed by atoms with Crippen molar-refractivity contribution in [2.45, 2.75) is 6.61 Å². The molecule has 0 spiro atoms. The zero-order valence-electron chi connectivity index (χ0n) is 10.9. The molecule has 3 nitrogen and oxygen atoms in total. The molecule has 0 aromatic heterocycles. The van der Waals surface area contributed by atoms with Gasteiger partial charge in [0.1, 0.15) is 12.4 Å². The summed E-state index contributed by atoms with van der Waals surface area (Å²) in [6.45, 7) is 0.241. The fraction of sp³-hybridized carbons (Fsp3) is 0.0625. The van der Waals surface area contributed by atoms with Gasteiger partial charge < -0.3 is 9.84 Å². The van der Waals surface area contributed by atoms with Gasteiger partial charge in [-0.2, -0.15) is 0 Å². The van der Waals surface area contributed by atoms with E-state index in [1.165, 1.54) is 6.08 Å². The minimum Gasteiger partial charge on any atom is -0.489 e. The Labute approximate surface area is 132 Å². The summed E-state index contributed by atoms with van der Waals surface area (Å²) >= 11 is 12.1. The molecule has 1 N–H and O–H groups in total. The average Bonchev–Trinajstić information content (AvgIpc) is 2.45. The van der Waals surface area contributed by atoms with Crippen LogP contribution in [0.3, 0.4) is 0 Å². The van der Waals surface area contributed by atoms with Gasteiger partial charge in [0.25, 0.3) is 0 Å². The Morgan fingerprint density at radius 1 is 1.14 bits per heavy atom. The van der Waals surface area contributed by atoms with E-state index in [-0.39, 0.29) is 6.61 Å². The molecule has 0 heterocycles. The largest absolute Gasteiger partial charge is 0.489 e. The summed E-state index contributed by atoms with van der Waals surface area (Å²) in [5.41, 5.74) is 1.45. The molecular formula is C16H12Cl2O3. The van der Waals surface area contributed by atoms with Crippen LogP contribution in [0.25, 0.3) is 6.08 Å². The second kappa shape index (κ2) is 7.16. The molecule has 0 radical (unpaired) electrons. The molecular weight excluding hydrogens is 311 g/mol. The zero-order chi connectivity index (χ0) is 15.2. The third-order valence-electron chi connectivity index (χ3n) is 2.72. The van der Waals surface area contributed by atoms with Gasteiger partial charge in [0.2, 0.25) is 0 Å². The van der Waals surface area contributed by atoms with E-state index in [1.54, 1.807) is 42.5 Å². The van der Waals surface area contributed by atoms with Gasteiger partial charge in [-0.25, -0.2) is 4.79 Å². The Bertz CT molecular complexity index is 661. The monoisotopic (exact) mass is 322 g/mol. The van der Waals surface area contributed by atoms with Crippen LogP contribution in [0.1, 0.15) is 11.1 Å². The van der Waals surface area contributed by atoms with Crippen molar-refractivity contribution >= 4 is 35.2 Å². The first kappa shape index (κ1) is 15.4. The summed E-state index contributed by atoms with van der Waals surface area (Å²) in [6.07, 6.45) is 2.57. The first-order valence-electron chi connectivity index (χ1n) is 6.13. The van der Waals surface area contributed by atoms with Gasteiger partial charge in [0.05, 0.1) is 0 Å². The van der Waals surface area contributed by atoms with Crippen LogP contribution in [0.15, 0.2) is 48.5 Å². The fourth-order valence-electron chi connectivity index (χ4n) is 1.70. The molecule has 0 saturated carbocycles. The zero-order valence-corrected chi connectivity index (χ0v) is 12.4.